The molecular formula is C20H30N4O5S. The van der Waals surface area contributed by atoms with E-state index in [0.717, 1.165) is 19.3 Å². The summed E-state index contributed by atoms with van der Waals surface area (Å²) < 4.78 is 27.3. The fourth-order valence-electron chi connectivity index (χ4n) is 4.42. The minimum absolute atomic E-state index is 0.0820. The van der Waals surface area contributed by atoms with Gasteiger partial charge in [-0.2, -0.15) is 4.31 Å². The van der Waals surface area contributed by atoms with Crippen molar-refractivity contribution in [3.05, 3.63) is 24.4 Å². The lowest BCUT2D eigenvalue weighted by atomic mass is 9.72. The average molecular weight is 439 g/mol. The molecular weight excluding hydrogens is 408 g/mol. The zero-order chi connectivity index (χ0) is 21.9. The predicted molar refractivity (Wildman–Crippen MR) is 109 cm³/mol. The number of hydrogen-bond acceptors (Lipinski definition) is 6. The lowest BCUT2D eigenvalue weighted by molar-refractivity contribution is -0.145. The average Bonchev–Trinajstić information content (AvgIpc) is 2.88. The quantitative estimate of drug-likeness (QED) is 0.573. The summed E-state index contributed by atoms with van der Waals surface area (Å²) >= 11 is 0. The summed E-state index contributed by atoms with van der Waals surface area (Å²) in [6.07, 6.45) is 4.35. The standard InChI is InChI=1S/C20H30N4O5S/c1-14-8-9-15(23-19(27)20(18(21)26)10-4-2-5-11-20)16(25)13-24(14)30(28,29)17-7-3-6-12-22-17/h3,6-7,12,14-16,25H,2,4-5,8-11,13H2,1H3,(H2,21,26)(H,23,27)/t14-,15+,16+/m1/s1. The van der Waals surface area contributed by atoms with Gasteiger partial charge >= 0.3 is 0 Å². The third kappa shape index (κ3) is 4.35. The number of pyridine rings is 1. The second kappa shape index (κ2) is 8.99. The van der Waals surface area contributed by atoms with E-state index >= 15 is 0 Å². The highest BCUT2D eigenvalue weighted by molar-refractivity contribution is 7.89. The van der Waals surface area contributed by atoms with E-state index in [1.54, 1.807) is 19.1 Å². The number of sulfonamides is 1. The minimum Gasteiger partial charge on any atom is -0.390 e. The maximum absolute atomic E-state index is 13.0. The molecule has 3 atom stereocenters. The maximum atomic E-state index is 13.0. The van der Waals surface area contributed by atoms with Gasteiger partial charge < -0.3 is 16.2 Å². The van der Waals surface area contributed by atoms with Crippen LogP contribution in [0.2, 0.25) is 0 Å². The normalized spacial score (nSPS) is 27.7. The van der Waals surface area contributed by atoms with Crippen LogP contribution in [0.1, 0.15) is 51.9 Å². The molecule has 1 aliphatic heterocycles. The summed E-state index contributed by atoms with van der Waals surface area (Å²) in [6.45, 7) is 1.60. The number of hydrogen-bond donors (Lipinski definition) is 3. The monoisotopic (exact) mass is 438 g/mol. The number of aliphatic hydroxyl groups is 1. The van der Waals surface area contributed by atoms with Gasteiger partial charge in [-0.05, 0) is 44.7 Å². The Kier molecular flexibility index (Phi) is 6.78. The Morgan fingerprint density at radius 2 is 1.93 bits per heavy atom. The van der Waals surface area contributed by atoms with Crippen molar-refractivity contribution in [2.24, 2.45) is 11.1 Å². The predicted octanol–water partition coefficient (Wildman–Crippen LogP) is 0.536. The molecule has 2 heterocycles. The summed E-state index contributed by atoms with van der Waals surface area (Å²) in [4.78, 5) is 29.1. The first-order valence-corrected chi connectivity index (χ1v) is 11.8. The number of carbonyl (C=O) groups is 2. The number of carbonyl (C=O) groups excluding carboxylic acids is 2. The number of β-amino-alcohol motifs (C(OH)–C–C–N with tert-alkyl or cyclic N) is 1. The third-order valence-electron chi connectivity index (χ3n) is 6.36. The summed E-state index contributed by atoms with van der Waals surface area (Å²) in [7, 11) is -3.89. The molecule has 2 fully saturated rings. The van der Waals surface area contributed by atoms with Gasteiger partial charge in [0, 0.05) is 18.8 Å². The topological polar surface area (TPSA) is 143 Å². The van der Waals surface area contributed by atoms with E-state index in [-0.39, 0.29) is 17.6 Å². The summed E-state index contributed by atoms with van der Waals surface area (Å²) in [5, 5.41) is 13.5. The van der Waals surface area contributed by atoms with E-state index in [4.69, 9.17) is 5.73 Å². The molecule has 4 N–H and O–H groups in total. The van der Waals surface area contributed by atoms with Crippen LogP contribution in [0.4, 0.5) is 0 Å². The Balaban J connectivity index is 1.77. The summed E-state index contributed by atoms with van der Waals surface area (Å²) in [5.41, 5.74) is 4.33. The minimum atomic E-state index is -3.89. The van der Waals surface area contributed by atoms with Gasteiger partial charge in [-0.15, -0.1) is 0 Å². The van der Waals surface area contributed by atoms with Crippen LogP contribution in [-0.2, 0) is 19.6 Å². The molecule has 10 heteroatoms. The molecule has 0 radical (unpaired) electrons. The van der Waals surface area contributed by atoms with Gasteiger partial charge in [0.05, 0.1) is 12.1 Å². The van der Waals surface area contributed by atoms with Crippen molar-refractivity contribution in [2.45, 2.75) is 75.1 Å². The Morgan fingerprint density at radius 1 is 1.23 bits per heavy atom. The second-order valence-electron chi connectivity index (χ2n) is 8.32. The van der Waals surface area contributed by atoms with Crippen molar-refractivity contribution in [1.29, 1.82) is 0 Å². The fraction of sp³-hybridized carbons (Fsp3) is 0.650. The van der Waals surface area contributed by atoms with Crippen LogP contribution in [0, 0.1) is 5.41 Å². The van der Waals surface area contributed by atoms with E-state index in [0.29, 0.717) is 25.7 Å². The molecule has 2 amide bonds. The second-order valence-corrected chi connectivity index (χ2v) is 10.2. The summed E-state index contributed by atoms with van der Waals surface area (Å²) in [5.74, 6) is -1.11. The lowest BCUT2D eigenvalue weighted by Crippen LogP contribution is -2.56. The number of nitrogens with zero attached hydrogens (tertiary/aromatic N) is 2. The first-order valence-electron chi connectivity index (χ1n) is 10.4. The van der Waals surface area contributed by atoms with Gasteiger partial charge in [0.2, 0.25) is 11.8 Å². The van der Waals surface area contributed by atoms with Crippen LogP contribution in [0.25, 0.3) is 0 Å². The van der Waals surface area contributed by atoms with E-state index in [9.17, 15) is 23.1 Å². The van der Waals surface area contributed by atoms with Gasteiger partial charge in [-0.1, -0.05) is 25.3 Å². The zero-order valence-electron chi connectivity index (χ0n) is 17.2. The maximum Gasteiger partial charge on any atom is 0.260 e. The number of aromatic nitrogens is 1. The number of amides is 2. The highest BCUT2D eigenvalue weighted by Crippen LogP contribution is 2.37. The van der Waals surface area contributed by atoms with Gasteiger partial charge in [0.1, 0.15) is 5.41 Å². The number of nitrogens with one attached hydrogen (secondary N) is 1. The van der Waals surface area contributed by atoms with Gasteiger partial charge in [0.25, 0.3) is 10.0 Å². The van der Waals surface area contributed by atoms with Gasteiger partial charge in [-0.25, -0.2) is 13.4 Å². The Bertz CT molecular complexity index is 870. The van der Waals surface area contributed by atoms with Crippen LogP contribution in [-0.4, -0.2) is 59.4 Å². The van der Waals surface area contributed by atoms with Crippen LogP contribution in [0.15, 0.2) is 29.4 Å². The molecule has 1 aliphatic carbocycles. The van der Waals surface area contributed by atoms with Crippen LogP contribution in [0.5, 0.6) is 0 Å². The van der Waals surface area contributed by atoms with Crippen molar-refractivity contribution < 1.29 is 23.1 Å². The van der Waals surface area contributed by atoms with E-state index in [1.165, 1.54) is 16.6 Å². The third-order valence-corrected chi connectivity index (χ3v) is 8.26. The number of nitrogens with two attached hydrogens (primary N) is 1. The van der Waals surface area contributed by atoms with Gasteiger partial charge in [-0.3, -0.25) is 9.59 Å². The smallest absolute Gasteiger partial charge is 0.260 e. The lowest BCUT2D eigenvalue weighted by Gasteiger charge is -2.35. The Labute approximate surface area is 177 Å². The molecule has 1 aromatic heterocycles. The molecule has 0 spiro atoms. The van der Waals surface area contributed by atoms with Crippen LogP contribution < -0.4 is 11.1 Å². The number of rotatable bonds is 5. The van der Waals surface area contributed by atoms with Crippen molar-refractivity contribution in [3.8, 4) is 0 Å². The van der Waals surface area contributed by atoms with Crippen LogP contribution >= 0.6 is 0 Å². The van der Waals surface area contributed by atoms with Crippen molar-refractivity contribution in [3.63, 3.8) is 0 Å². The highest BCUT2D eigenvalue weighted by Gasteiger charge is 2.46. The summed E-state index contributed by atoms with van der Waals surface area (Å²) in [6, 6.07) is 3.59. The van der Waals surface area contributed by atoms with Crippen LogP contribution in [0.3, 0.4) is 0 Å². The van der Waals surface area contributed by atoms with E-state index in [2.05, 4.69) is 10.3 Å². The highest BCUT2D eigenvalue weighted by atomic mass is 32.2. The molecule has 1 saturated carbocycles. The van der Waals surface area contributed by atoms with E-state index < -0.39 is 39.4 Å². The van der Waals surface area contributed by atoms with Gasteiger partial charge in [0.15, 0.2) is 5.03 Å². The first-order chi connectivity index (χ1) is 14.2. The molecule has 166 valence electrons. The first kappa shape index (κ1) is 22.6. The van der Waals surface area contributed by atoms with E-state index in [1.807, 2.05) is 0 Å². The molecule has 1 saturated heterocycles. The Morgan fingerprint density at radius 3 is 2.53 bits per heavy atom. The Hall–Kier alpha value is -2.04. The zero-order valence-corrected chi connectivity index (χ0v) is 18.0. The molecule has 0 unspecified atom stereocenters. The SMILES string of the molecule is C[C@@H]1CC[C@H](NC(=O)C2(C(N)=O)CCCCC2)[C@@H](O)CN1S(=O)(=O)c1ccccn1. The molecule has 0 bridgehead atoms. The number of aliphatic hydroxyl groups excluding tert-OH is 1. The molecule has 9 nitrogen and oxygen atoms in total. The molecule has 30 heavy (non-hydrogen) atoms. The largest absolute Gasteiger partial charge is 0.390 e. The number of primary amides is 1. The van der Waals surface area contributed by atoms with Crippen molar-refractivity contribution >= 4 is 21.8 Å². The molecule has 0 aromatic carbocycles. The van der Waals surface area contributed by atoms with Crippen molar-refractivity contribution in [1.82, 2.24) is 14.6 Å². The fourth-order valence-corrected chi connectivity index (χ4v) is 6.03. The van der Waals surface area contributed by atoms with Crippen molar-refractivity contribution in [2.75, 3.05) is 6.54 Å². The molecule has 3 rings (SSSR count). The molecule has 2 aliphatic rings. The molecule has 1 aromatic rings.